The van der Waals surface area contributed by atoms with Crippen molar-refractivity contribution in [1.82, 2.24) is 0 Å². The molecule has 0 amide bonds. The Hall–Kier alpha value is -1.51. The molecule has 6 atom stereocenters. The van der Waals surface area contributed by atoms with Gasteiger partial charge in [0.05, 0.1) is 0 Å². The largest absolute Gasteiger partial charge is 0.508 e. The number of phenolic OH excluding ortho intramolecular Hbond substituents is 1. The fourth-order valence-corrected chi connectivity index (χ4v) is 9.50. The summed E-state index contributed by atoms with van der Waals surface area (Å²) in [7, 11) is 0. The fourth-order valence-electron chi connectivity index (χ4n) is 8.54. The molecule has 1 N–H and O–H groups in total. The summed E-state index contributed by atoms with van der Waals surface area (Å²) in [6.45, 7) is 3.87. The number of hydrogen-bond acceptors (Lipinski definition) is 4. The number of phenols is 1. The molecule has 1 aromatic carbocycles. The third-order valence-electron chi connectivity index (χ3n) is 10.7. The molecule has 3 aliphatic rings. The van der Waals surface area contributed by atoms with E-state index in [0.717, 1.165) is 63.5 Å². The van der Waals surface area contributed by atoms with Gasteiger partial charge in [-0.15, -0.1) is 0 Å². The summed E-state index contributed by atoms with van der Waals surface area (Å²) < 4.78 is 68.4. The molecule has 2 fully saturated rings. The number of alkyl halides is 5. The van der Waals surface area contributed by atoms with Crippen LogP contribution in [0.4, 0.5) is 22.0 Å². The average molecular weight is 633 g/mol. The lowest BCUT2D eigenvalue weighted by atomic mass is 9.52. The number of fused-ring (bicyclic) bond motifs is 5. The van der Waals surface area contributed by atoms with E-state index in [-0.39, 0.29) is 23.9 Å². The average Bonchev–Trinajstić information content (AvgIpc) is 3.25. The molecule has 0 heterocycles. The van der Waals surface area contributed by atoms with Gasteiger partial charge in [-0.2, -0.15) is 33.7 Å². The minimum atomic E-state index is -5.45. The lowest BCUT2D eigenvalue weighted by molar-refractivity contribution is -0.284. The predicted octanol–water partition coefficient (Wildman–Crippen LogP) is 10.2. The summed E-state index contributed by atoms with van der Waals surface area (Å²) in [5.41, 5.74) is 2.75. The number of carbonyl (C=O) groups excluding carboxylic acids is 1. The van der Waals surface area contributed by atoms with Gasteiger partial charge >= 0.3 is 18.1 Å². The summed E-state index contributed by atoms with van der Waals surface area (Å²) >= 11 is 1.47. The van der Waals surface area contributed by atoms with E-state index >= 15 is 0 Å². The van der Waals surface area contributed by atoms with Crippen LogP contribution in [0.2, 0.25) is 0 Å². The first-order valence-corrected chi connectivity index (χ1v) is 17.5. The van der Waals surface area contributed by atoms with Crippen molar-refractivity contribution < 1.29 is 36.6 Å². The number of rotatable bonds is 15. The Kier molecular flexibility index (Phi) is 11.8. The number of halogens is 5. The van der Waals surface area contributed by atoms with Crippen LogP contribution in [0.3, 0.4) is 0 Å². The molecule has 3 nitrogen and oxygen atoms in total. The number of thioether (sulfide) groups is 1. The number of benzene rings is 1. The highest BCUT2D eigenvalue weighted by Crippen LogP contribution is 2.63. The van der Waals surface area contributed by atoms with E-state index in [2.05, 4.69) is 13.0 Å². The minimum absolute atomic E-state index is 0.00958. The standard InChI is InChI=1S/C34H49F5O3S/c1-23(40)42-30-15-14-29-31-24(21-25-22-26(41)12-13-27(25)28(31)16-18-32(29,30)2)11-8-6-4-3-5-7-9-19-43-20-10-17-33(35,36)34(37,38)39/h12-13,22,24,28-31,41H,3-11,14-21H2,1-2H3/t24-,28?,29?,30+,31?,32+/m1/s1. The van der Waals surface area contributed by atoms with Crippen molar-refractivity contribution in [3.63, 3.8) is 0 Å². The maximum absolute atomic E-state index is 12.9. The van der Waals surface area contributed by atoms with E-state index in [1.54, 1.807) is 0 Å². The van der Waals surface area contributed by atoms with E-state index in [9.17, 15) is 31.9 Å². The number of hydrogen-bond donors (Lipinski definition) is 1. The Balaban J connectivity index is 1.18. The predicted molar refractivity (Wildman–Crippen MR) is 162 cm³/mol. The lowest BCUT2D eigenvalue weighted by Gasteiger charge is -2.53. The molecule has 0 spiro atoms. The number of ether oxygens (including phenoxy) is 1. The maximum Gasteiger partial charge on any atom is 0.453 e. The van der Waals surface area contributed by atoms with Crippen molar-refractivity contribution in [2.45, 2.75) is 134 Å². The topological polar surface area (TPSA) is 46.5 Å². The van der Waals surface area contributed by atoms with Crippen molar-refractivity contribution in [3.8, 4) is 5.75 Å². The van der Waals surface area contributed by atoms with Gasteiger partial charge in [-0.1, -0.05) is 51.5 Å². The summed E-state index contributed by atoms with van der Waals surface area (Å²) in [5.74, 6) is -1.09. The van der Waals surface area contributed by atoms with Crippen molar-refractivity contribution in [1.29, 1.82) is 0 Å². The van der Waals surface area contributed by atoms with Gasteiger partial charge < -0.3 is 9.84 Å². The number of unbranched alkanes of at least 4 members (excludes halogenated alkanes) is 6. The van der Waals surface area contributed by atoms with Crippen LogP contribution >= 0.6 is 11.8 Å². The zero-order valence-corrected chi connectivity index (χ0v) is 26.5. The Morgan fingerprint density at radius 2 is 1.65 bits per heavy atom. The first kappa shape index (κ1) is 34.4. The lowest BCUT2D eigenvalue weighted by Crippen LogP contribution is -2.48. The van der Waals surface area contributed by atoms with Crippen LogP contribution in [0.5, 0.6) is 5.75 Å². The van der Waals surface area contributed by atoms with Gasteiger partial charge in [0.25, 0.3) is 0 Å². The summed E-state index contributed by atoms with van der Waals surface area (Å²) in [4.78, 5) is 11.9. The van der Waals surface area contributed by atoms with Crippen LogP contribution in [0.1, 0.15) is 121 Å². The third kappa shape index (κ3) is 8.40. The Bertz CT molecular complexity index is 1060. The molecule has 9 heteroatoms. The monoisotopic (exact) mass is 632 g/mol. The van der Waals surface area contributed by atoms with Gasteiger partial charge in [0, 0.05) is 18.8 Å². The highest BCUT2D eigenvalue weighted by molar-refractivity contribution is 7.99. The molecule has 4 rings (SSSR count). The summed E-state index contributed by atoms with van der Waals surface area (Å²) in [6.07, 6.45) is 7.53. The van der Waals surface area contributed by atoms with Crippen LogP contribution in [0.25, 0.3) is 0 Å². The normalized spacial score (nSPS) is 28.7. The Labute approximate surface area is 258 Å². The molecule has 0 bridgehead atoms. The van der Waals surface area contributed by atoms with Crippen molar-refractivity contribution >= 4 is 17.7 Å². The molecular weight excluding hydrogens is 583 g/mol. The molecule has 1 aromatic rings. The molecule has 2 saturated carbocycles. The fraction of sp³-hybridized carbons (Fsp3) is 0.794. The third-order valence-corrected chi connectivity index (χ3v) is 11.8. The SMILES string of the molecule is CC(=O)O[C@H]1CCC2C3C(CC[C@@]21C)c1ccc(O)cc1C[C@H]3CCCCCCCCCSCCCC(F)(F)C(F)(F)F. The molecule has 0 radical (unpaired) electrons. The molecule has 3 unspecified atom stereocenters. The van der Waals surface area contributed by atoms with E-state index in [0.29, 0.717) is 35.2 Å². The minimum Gasteiger partial charge on any atom is -0.508 e. The molecule has 0 saturated heterocycles. The zero-order chi connectivity index (χ0) is 31.3. The van der Waals surface area contributed by atoms with Crippen molar-refractivity contribution in [2.75, 3.05) is 11.5 Å². The van der Waals surface area contributed by atoms with Gasteiger partial charge in [0.2, 0.25) is 0 Å². The van der Waals surface area contributed by atoms with E-state index in [1.165, 1.54) is 55.5 Å². The molecule has 0 aliphatic heterocycles. The quantitative estimate of drug-likeness (QED) is 0.119. The second-order valence-electron chi connectivity index (χ2n) is 13.5. The molecule has 3 aliphatic carbocycles. The van der Waals surface area contributed by atoms with Crippen molar-refractivity contribution in [2.24, 2.45) is 23.2 Å². The summed E-state index contributed by atoms with van der Waals surface area (Å²) in [6, 6.07) is 5.95. The highest BCUT2D eigenvalue weighted by Gasteiger charge is 2.58. The van der Waals surface area contributed by atoms with Gasteiger partial charge in [0.1, 0.15) is 11.9 Å². The smallest absolute Gasteiger partial charge is 0.453 e. The Morgan fingerprint density at radius 3 is 2.35 bits per heavy atom. The van der Waals surface area contributed by atoms with Crippen LogP contribution < -0.4 is 0 Å². The van der Waals surface area contributed by atoms with Gasteiger partial charge in [-0.3, -0.25) is 4.79 Å². The van der Waals surface area contributed by atoms with Gasteiger partial charge in [-0.05, 0) is 110 Å². The Morgan fingerprint density at radius 1 is 0.977 bits per heavy atom. The van der Waals surface area contributed by atoms with E-state index in [1.807, 2.05) is 12.1 Å². The molecular formula is C34H49F5O3S. The van der Waals surface area contributed by atoms with Gasteiger partial charge in [0.15, 0.2) is 0 Å². The van der Waals surface area contributed by atoms with Gasteiger partial charge in [-0.25, -0.2) is 0 Å². The first-order chi connectivity index (χ1) is 20.3. The second-order valence-corrected chi connectivity index (χ2v) is 14.8. The van der Waals surface area contributed by atoms with Crippen LogP contribution in [-0.2, 0) is 16.0 Å². The molecule has 0 aromatic heterocycles. The molecule has 43 heavy (non-hydrogen) atoms. The van der Waals surface area contributed by atoms with E-state index in [4.69, 9.17) is 4.74 Å². The van der Waals surface area contributed by atoms with Crippen LogP contribution in [0, 0.1) is 23.2 Å². The first-order valence-electron chi connectivity index (χ1n) is 16.3. The van der Waals surface area contributed by atoms with E-state index < -0.39 is 18.5 Å². The second kappa shape index (κ2) is 14.7. The zero-order valence-electron chi connectivity index (χ0n) is 25.7. The molecule has 244 valence electrons. The maximum atomic E-state index is 12.9. The summed E-state index contributed by atoms with van der Waals surface area (Å²) in [5, 5.41) is 10.2. The number of aromatic hydroxyl groups is 1. The van der Waals surface area contributed by atoms with Crippen LogP contribution in [-0.4, -0.2) is 40.8 Å². The number of carbonyl (C=O) groups is 1. The number of esters is 1. The van der Waals surface area contributed by atoms with Crippen LogP contribution in [0.15, 0.2) is 18.2 Å². The highest BCUT2D eigenvalue weighted by atomic mass is 32.2. The van der Waals surface area contributed by atoms with Crippen molar-refractivity contribution in [3.05, 3.63) is 29.3 Å².